The molecule has 18 heavy (non-hydrogen) atoms. The Morgan fingerprint density at radius 1 is 1.22 bits per heavy atom. The van der Waals surface area contributed by atoms with Crippen molar-refractivity contribution >= 4 is 23.2 Å². The molecule has 2 rings (SSSR count). The molecule has 1 aromatic carbocycles. The molecule has 0 aliphatic heterocycles. The molecule has 0 aromatic heterocycles. The van der Waals surface area contributed by atoms with Gasteiger partial charge in [-0.15, -0.1) is 0 Å². The third kappa shape index (κ3) is 4.34. The first-order valence-corrected chi connectivity index (χ1v) is 7.32. The number of rotatable bonds is 6. The maximum absolute atomic E-state index is 6.02. The summed E-state index contributed by atoms with van der Waals surface area (Å²) in [4.78, 5) is 0. The molecular formula is C14H19Cl2NO. The molecule has 0 spiro atoms. The van der Waals surface area contributed by atoms with Crippen molar-refractivity contribution in [3.05, 3.63) is 28.2 Å². The number of nitrogens with one attached hydrogen (secondary N) is 1. The van der Waals surface area contributed by atoms with Gasteiger partial charge in [-0.25, -0.2) is 0 Å². The Bertz CT molecular complexity index is 378. The number of halogens is 2. The topological polar surface area (TPSA) is 21.3 Å². The van der Waals surface area contributed by atoms with Gasteiger partial charge < -0.3 is 10.1 Å². The third-order valence-electron chi connectivity index (χ3n) is 3.26. The van der Waals surface area contributed by atoms with Crippen LogP contribution in [0.5, 0.6) is 5.75 Å². The number of ether oxygens (including phenoxy) is 1. The van der Waals surface area contributed by atoms with Crippen LogP contribution < -0.4 is 10.1 Å². The van der Waals surface area contributed by atoms with Gasteiger partial charge in [-0.2, -0.15) is 0 Å². The molecule has 2 nitrogen and oxygen atoms in total. The first-order valence-electron chi connectivity index (χ1n) is 6.57. The molecule has 1 aliphatic rings. The lowest BCUT2D eigenvalue weighted by atomic mass is 10.2. The monoisotopic (exact) mass is 287 g/mol. The van der Waals surface area contributed by atoms with E-state index in [0.29, 0.717) is 22.4 Å². The molecule has 0 radical (unpaired) electrons. The summed E-state index contributed by atoms with van der Waals surface area (Å²) in [6.45, 7) is 1.69. The highest BCUT2D eigenvalue weighted by Crippen LogP contribution is 2.27. The highest BCUT2D eigenvalue weighted by Gasteiger charge is 2.13. The largest absolute Gasteiger partial charge is 0.492 e. The summed E-state index contributed by atoms with van der Waals surface area (Å²) < 4.78 is 5.63. The molecule has 0 unspecified atom stereocenters. The van der Waals surface area contributed by atoms with Crippen LogP contribution in [0.25, 0.3) is 0 Å². The average Bonchev–Trinajstić information content (AvgIpc) is 2.84. The minimum atomic E-state index is 0.575. The normalized spacial score (nSPS) is 16.1. The Morgan fingerprint density at radius 3 is 2.72 bits per heavy atom. The van der Waals surface area contributed by atoms with Crippen LogP contribution in [-0.4, -0.2) is 19.2 Å². The van der Waals surface area contributed by atoms with Crippen LogP contribution >= 0.6 is 23.2 Å². The maximum Gasteiger partial charge on any atom is 0.137 e. The van der Waals surface area contributed by atoms with Crippen molar-refractivity contribution in [3.63, 3.8) is 0 Å². The van der Waals surface area contributed by atoms with Gasteiger partial charge in [-0.1, -0.05) is 36.0 Å². The van der Waals surface area contributed by atoms with Crippen molar-refractivity contribution in [3.8, 4) is 5.75 Å². The first-order chi connectivity index (χ1) is 8.75. The quantitative estimate of drug-likeness (QED) is 0.788. The van der Waals surface area contributed by atoms with Gasteiger partial charge in [0.1, 0.15) is 5.75 Å². The van der Waals surface area contributed by atoms with E-state index in [4.69, 9.17) is 27.9 Å². The van der Waals surface area contributed by atoms with Crippen molar-refractivity contribution in [2.75, 3.05) is 13.2 Å². The Kier molecular flexibility index (Phi) is 5.61. The number of benzene rings is 1. The first kappa shape index (κ1) is 14.0. The Morgan fingerprint density at radius 2 is 2.00 bits per heavy atom. The van der Waals surface area contributed by atoms with Crippen molar-refractivity contribution in [1.82, 2.24) is 5.32 Å². The minimum absolute atomic E-state index is 0.575. The van der Waals surface area contributed by atoms with E-state index in [9.17, 15) is 0 Å². The second-order valence-electron chi connectivity index (χ2n) is 4.71. The molecule has 1 aliphatic carbocycles. The predicted molar refractivity (Wildman–Crippen MR) is 76.8 cm³/mol. The molecule has 1 N–H and O–H groups in total. The van der Waals surface area contributed by atoms with Gasteiger partial charge in [0, 0.05) is 11.1 Å². The van der Waals surface area contributed by atoms with Crippen molar-refractivity contribution in [2.24, 2.45) is 0 Å². The van der Waals surface area contributed by atoms with Gasteiger partial charge in [0.05, 0.1) is 11.6 Å². The van der Waals surface area contributed by atoms with E-state index in [-0.39, 0.29) is 0 Å². The SMILES string of the molecule is Clc1ccc(OCCCNC2CCCC2)c(Cl)c1. The van der Waals surface area contributed by atoms with E-state index in [1.165, 1.54) is 25.7 Å². The zero-order valence-corrected chi connectivity index (χ0v) is 11.9. The van der Waals surface area contributed by atoms with Gasteiger partial charge in [0.25, 0.3) is 0 Å². The molecule has 4 heteroatoms. The van der Waals surface area contributed by atoms with Crippen LogP contribution in [0.15, 0.2) is 18.2 Å². The van der Waals surface area contributed by atoms with E-state index < -0.39 is 0 Å². The molecule has 100 valence electrons. The highest BCUT2D eigenvalue weighted by atomic mass is 35.5. The lowest BCUT2D eigenvalue weighted by molar-refractivity contribution is 0.305. The van der Waals surface area contributed by atoms with Crippen LogP contribution in [0.3, 0.4) is 0 Å². The van der Waals surface area contributed by atoms with Crippen LogP contribution in [0.2, 0.25) is 10.0 Å². The molecule has 0 saturated heterocycles. The third-order valence-corrected chi connectivity index (χ3v) is 3.79. The van der Waals surface area contributed by atoms with Crippen LogP contribution in [0.1, 0.15) is 32.1 Å². The molecule has 1 fully saturated rings. The summed E-state index contributed by atoms with van der Waals surface area (Å²) in [6.07, 6.45) is 6.38. The summed E-state index contributed by atoms with van der Waals surface area (Å²) in [5.41, 5.74) is 0. The zero-order valence-electron chi connectivity index (χ0n) is 10.4. The zero-order chi connectivity index (χ0) is 12.8. The lowest BCUT2D eigenvalue weighted by Crippen LogP contribution is -2.27. The van der Waals surface area contributed by atoms with E-state index in [1.807, 2.05) is 6.07 Å². The molecule has 0 bridgehead atoms. The Balaban J connectivity index is 1.62. The van der Waals surface area contributed by atoms with Crippen molar-refractivity contribution < 1.29 is 4.74 Å². The highest BCUT2D eigenvalue weighted by molar-refractivity contribution is 6.35. The van der Waals surface area contributed by atoms with E-state index in [2.05, 4.69) is 5.32 Å². The fraction of sp³-hybridized carbons (Fsp3) is 0.571. The lowest BCUT2D eigenvalue weighted by Gasteiger charge is -2.12. The molecule has 1 saturated carbocycles. The smallest absolute Gasteiger partial charge is 0.137 e. The second kappa shape index (κ2) is 7.22. The fourth-order valence-electron chi connectivity index (χ4n) is 2.28. The predicted octanol–water partition coefficient (Wildman–Crippen LogP) is 4.29. The molecule has 0 atom stereocenters. The van der Waals surface area contributed by atoms with E-state index >= 15 is 0 Å². The Labute approximate surface area is 119 Å². The molecule has 1 aromatic rings. The van der Waals surface area contributed by atoms with Gasteiger partial charge in [0.2, 0.25) is 0 Å². The average molecular weight is 288 g/mol. The Hall–Kier alpha value is -0.440. The summed E-state index contributed by atoms with van der Waals surface area (Å²) in [6, 6.07) is 6.04. The summed E-state index contributed by atoms with van der Waals surface area (Å²) >= 11 is 11.8. The van der Waals surface area contributed by atoms with Gasteiger partial charge in [0.15, 0.2) is 0 Å². The number of hydrogen-bond donors (Lipinski definition) is 1. The number of hydrogen-bond acceptors (Lipinski definition) is 2. The standard InChI is InChI=1S/C14H19Cl2NO/c15-11-6-7-14(13(16)10-11)18-9-3-8-17-12-4-1-2-5-12/h6-7,10,12,17H,1-5,8-9H2. The van der Waals surface area contributed by atoms with Crippen LogP contribution in [0, 0.1) is 0 Å². The van der Waals surface area contributed by atoms with Crippen molar-refractivity contribution in [2.45, 2.75) is 38.1 Å². The summed E-state index contributed by atoms with van der Waals surface area (Å²) in [5, 5.41) is 4.77. The second-order valence-corrected chi connectivity index (χ2v) is 5.56. The fourth-order valence-corrected chi connectivity index (χ4v) is 2.75. The van der Waals surface area contributed by atoms with Crippen LogP contribution in [-0.2, 0) is 0 Å². The maximum atomic E-state index is 6.02. The van der Waals surface area contributed by atoms with Gasteiger partial charge >= 0.3 is 0 Å². The summed E-state index contributed by atoms with van der Waals surface area (Å²) in [5.74, 6) is 0.710. The van der Waals surface area contributed by atoms with Gasteiger partial charge in [-0.3, -0.25) is 0 Å². The molecular weight excluding hydrogens is 269 g/mol. The summed E-state index contributed by atoms with van der Waals surface area (Å²) in [7, 11) is 0. The minimum Gasteiger partial charge on any atom is -0.492 e. The van der Waals surface area contributed by atoms with E-state index in [0.717, 1.165) is 19.0 Å². The van der Waals surface area contributed by atoms with Crippen molar-refractivity contribution in [1.29, 1.82) is 0 Å². The molecule has 0 heterocycles. The van der Waals surface area contributed by atoms with E-state index in [1.54, 1.807) is 12.1 Å². The molecule has 0 amide bonds. The van der Waals surface area contributed by atoms with Crippen LogP contribution in [0.4, 0.5) is 0 Å². The van der Waals surface area contributed by atoms with Gasteiger partial charge in [-0.05, 0) is 44.0 Å².